The van der Waals surface area contributed by atoms with Crippen molar-refractivity contribution < 1.29 is 87.2 Å². The fourth-order valence-corrected chi connectivity index (χ4v) is 9.60. The van der Waals surface area contributed by atoms with Crippen molar-refractivity contribution in [1.82, 2.24) is 30.2 Å². The molecule has 0 spiro atoms. The summed E-state index contributed by atoms with van der Waals surface area (Å²) in [5, 5.41) is 43.2. The van der Waals surface area contributed by atoms with Gasteiger partial charge in [0.15, 0.2) is 46.0 Å². The Morgan fingerprint density at radius 2 is 0.745 bits per heavy atom. The first-order chi connectivity index (χ1) is 47.6. The molecule has 6 amide bonds. The van der Waals surface area contributed by atoms with E-state index in [-0.39, 0.29) is 67.1 Å². The number of benzene rings is 4. The van der Waals surface area contributed by atoms with Gasteiger partial charge in [0.25, 0.3) is 0 Å². The van der Waals surface area contributed by atoms with Crippen LogP contribution in [0.1, 0.15) is 190 Å². The van der Waals surface area contributed by atoms with Crippen LogP contribution in [0, 0.1) is 39.5 Å². The third-order valence-electron chi connectivity index (χ3n) is 16.3. The zero-order valence-corrected chi connectivity index (χ0v) is 65.0. The molecule has 0 saturated heterocycles. The number of aryl methyl sites for hydroxylation is 4. The minimum atomic E-state index is -1.34. The van der Waals surface area contributed by atoms with Gasteiger partial charge in [-0.25, -0.2) is 19.2 Å². The molecule has 4 aromatic carbocycles. The zero-order chi connectivity index (χ0) is 78.0. The number of carboxylic acids is 2. The Morgan fingerprint density at radius 1 is 0.431 bits per heavy atom. The zero-order valence-electron chi connectivity index (χ0n) is 65.0. The van der Waals surface area contributed by atoms with Crippen LogP contribution in [0.3, 0.4) is 0 Å². The first kappa shape index (κ1) is 90.5. The number of carbonyl (C=O) groups excluding carboxylic acids is 6. The standard InChI is InChI=1S/2C28H43N3O7.2C11H16O2/c1-18(2)10-9-11-29-24(32)16-22(17-25(33)34)27(35)30(6)12-13-31(7)28(36)38-26-20(5)14-21(19(3)4)15-23(26)37-8;1-18(2)10-9-11-29-24(32)16-22(27(34)35)17-25(33)30(6)12-13-31(7)28(36)38-26-20(5)14-21(19(3)4)15-23(26)37-8;2*1-7(2)9-5-8(3)11(12)10(6-9)13-4/h14-15,17-19H,9-13,16H2,1-8H3,(H,29,32)(H,33,34);14-15,17-19H,9-13,16H2,1-8H3,(H,29,32)(H,34,35);2*5-7,12H,1-4H3/b2*22-17-;;. The summed E-state index contributed by atoms with van der Waals surface area (Å²) in [4.78, 5) is 103. The highest BCUT2D eigenvalue weighted by atomic mass is 16.6. The molecule has 0 radical (unpaired) electrons. The number of nitrogens with one attached hydrogen (secondary N) is 2. The van der Waals surface area contributed by atoms with Crippen LogP contribution >= 0.6 is 0 Å². The van der Waals surface area contributed by atoms with Gasteiger partial charge in [-0.05, 0) is 158 Å². The van der Waals surface area contributed by atoms with Crippen molar-refractivity contribution in [1.29, 1.82) is 0 Å². The lowest BCUT2D eigenvalue weighted by Gasteiger charge is -2.23. The minimum absolute atomic E-state index is 0.0970. The second-order valence-corrected chi connectivity index (χ2v) is 27.3. The SMILES string of the molecule is COc1cc(C(C)C)cc(C)c1O.COc1cc(C(C)C)cc(C)c1O.COc1cc(C(C)C)cc(C)c1OC(=O)N(C)CCN(C)C(=O)/C(=C\C(=O)O)CC(=O)NCCCC(C)C.COc1cc(C(C)C)cc(C)c1OC(=O)N(C)CCN(C)C(=O)/C=C(/CC(=O)NCCCC(C)C)C(=O)O. The van der Waals surface area contributed by atoms with E-state index in [1.807, 2.05) is 76.2 Å². The fraction of sp³-hybridized carbons (Fsp3) is 0.538. The van der Waals surface area contributed by atoms with Crippen molar-refractivity contribution in [2.24, 2.45) is 11.8 Å². The van der Waals surface area contributed by atoms with Crippen LogP contribution in [0.4, 0.5) is 9.59 Å². The number of carbonyl (C=O) groups is 8. The number of nitrogens with zero attached hydrogens (tertiary/aromatic N) is 4. The maximum Gasteiger partial charge on any atom is 0.415 e. The van der Waals surface area contributed by atoms with Gasteiger partial charge >= 0.3 is 24.1 Å². The smallest absolute Gasteiger partial charge is 0.415 e. The predicted octanol–water partition coefficient (Wildman–Crippen LogP) is 13.6. The summed E-state index contributed by atoms with van der Waals surface area (Å²) in [5.41, 5.74) is 7.29. The van der Waals surface area contributed by atoms with E-state index in [0.717, 1.165) is 71.2 Å². The second kappa shape index (κ2) is 45.4. The number of methoxy groups -OCH3 is 4. The highest BCUT2D eigenvalue weighted by molar-refractivity contribution is 6.03. The monoisotopic (exact) mass is 1430 g/mol. The van der Waals surface area contributed by atoms with Crippen molar-refractivity contribution in [2.45, 2.75) is 173 Å². The Morgan fingerprint density at radius 3 is 1.06 bits per heavy atom. The van der Waals surface area contributed by atoms with Gasteiger partial charge in [0, 0.05) is 85.2 Å². The third-order valence-corrected chi connectivity index (χ3v) is 16.3. The van der Waals surface area contributed by atoms with Crippen molar-refractivity contribution in [3.05, 3.63) is 116 Å². The number of likely N-dealkylation sites (N-methyl/N-ethyl adjacent to an activating group) is 4. The molecule has 4 aromatic rings. The molecule has 0 saturated carbocycles. The van der Waals surface area contributed by atoms with E-state index in [1.54, 1.807) is 14.2 Å². The van der Waals surface area contributed by atoms with Gasteiger partial charge in [0.2, 0.25) is 23.6 Å². The first-order valence-corrected chi connectivity index (χ1v) is 34.5. The van der Waals surface area contributed by atoms with Crippen LogP contribution in [-0.2, 0) is 28.8 Å². The fourth-order valence-electron chi connectivity index (χ4n) is 9.60. The van der Waals surface area contributed by atoms with Crippen LogP contribution in [-0.4, -0.2) is 184 Å². The van der Waals surface area contributed by atoms with E-state index in [9.17, 15) is 58.8 Å². The third kappa shape index (κ3) is 32.0. The number of phenolic OH excluding ortho intramolecular Hbond substituents is 2. The molecule has 0 bridgehead atoms. The van der Waals surface area contributed by atoms with Crippen LogP contribution in [0.25, 0.3) is 0 Å². The summed E-state index contributed by atoms with van der Waals surface area (Å²) in [5.74, 6) is 0.937. The maximum atomic E-state index is 12.9. The van der Waals surface area contributed by atoms with E-state index in [1.165, 1.54) is 73.1 Å². The van der Waals surface area contributed by atoms with E-state index in [0.29, 0.717) is 71.3 Å². The number of aromatic hydroxyl groups is 2. The summed E-state index contributed by atoms with van der Waals surface area (Å²) < 4.78 is 32.1. The van der Waals surface area contributed by atoms with Crippen molar-refractivity contribution in [3.8, 4) is 46.0 Å². The number of amides is 6. The summed E-state index contributed by atoms with van der Waals surface area (Å²) in [7, 11) is 12.2. The van der Waals surface area contributed by atoms with Gasteiger partial charge in [0.05, 0.1) is 46.9 Å². The van der Waals surface area contributed by atoms with Crippen LogP contribution in [0.2, 0.25) is 0 Å². The summed E-state index contributed by atoms with van der Waals surface area (Å²) in [6.07, 6.45) is 3.18. The summed E-state index contributed by atoms with van der Waals surface area (Å²) in [6.45, 7) is 33.9. The molecule has 0 aliphatic carbocycles. The Bertz CT molecular complexity index is 3420. The van der Waals surface area contributed by atoms with Crippen molar-refractivity contribution in [2.75, 3.05) is 95.9 Å². The molecule has 0 atom stereocenters. The Balaban J connectivity index is 0.000000755. The lowest BCUT2D eigenvalue weighted by atomic mass is 10.00. The second-order valence-electron chi connectivity index (χ2n) is 27.3. The topological polar surface area (TPSA) is 310 Å². The number of rotatable bonds is 32. The average molecular weight is 1430 g/mol. The largest absolute Gasteiger partial charge is 0.504 e. The quantitative estimate of drug-likeness (QED) is 0.0195. The Labute approximate surface area is 605 Å². The molecule has 568 valence electrons. The van der Waals surface area contributed by atoms with E-state index in [4.69, 9.17) is 28.4 Å². The minimum Gasteiger partial charge on any atom is -0.504 e. The predicted molar refractivity (Wildman–Crippen MR) is 398 cm³/mol. The molecule has 4 rings (SSSR count). The number of hydrogen-bond donors (Lipinski definition) is 6. The number of phenols is 2. The van der Waals surface area contributed by atoms with E-state index in [2.05, 4.69) is 93.7 Å². The normalized spacial score (nSPS) is 11.2. The van der Waals surface area contributed by atoms with Crippen LogP contribution in [0.15, 0.2) is 71.8 Å². The van der Waals surface area contributed by atoms with Crippen molar-refractivity contribution in [3.63, 3.8) is 0 Å². The molecule has 0 unspecified atom stereocenters. The molecule has 24 heteroatoms. The molecule has 24 nitrogen and oxygen atoms in total. The number of hydrogen-bond acceptors (Lipinski definition) is 16. The lowest BCUT2D eigenvalue weighted by Crippen LogP contribution is -2.39. The van der Waals surface area contributed by atoms with Gasteiger partial charge < -0.3 is 79.1 Å². The van der Waals surface area contributed by atoms with E-state index < -0.39 is 54.2 Å². The van der Waals surface area contributed by atoms with Gasteiger partial charge in [-0.3, -0.25) is 19.2 Å². The molecular weight excluding hydrogens is 1310 g/mol. The number of carboxylic acid groups (broad SMARTS) is 2. The molecule has 6 N–H and O–H groups in total. The first-order valence-electron chi connectivity index (χ1n) is 34.5. The van der Waals surface area contributed by atoms with Crippen LogP contribution in [0.5, 0.6) is 46.0 Å². The Kier molecular flexibility index (Phi) is 40.3. The number of aliphatic carboxylic acids is 2. The van der Waals surface area contributed by atoms with Gasteiger partial charge in [0.1, 0.15) is 0 Å². The molecule has 102 heavy (non-hydrogen) atoms. The molecular formula is C78H118N6O18. The van der Waals surface area contributed by atoms with Gasteiger partial charge in [-0.1, -0.05) is 107 Å². The molecule has 0 aliphatic heterocycles. The lowest BCUT2D eigenvalue weighted by molar-refractivity contribution is -0.134. The van der Waals surface area contributed by atoms with E-state index >= 15 is 0 Å². The van der Waals surface area contributed by atoms with Gasteiger partial charge in [-0.2, -0.15) is 0 Å². The summed E-state index contributed by atoms with van der Waals surface area (Å²) >= 11 is 0. The number of ether oxygens (including phenoxy) is 6. The van der Waals surface area contributed by atoms with Crippen LogP contribution < -0.4 is 39.1 Å². The highest BCUT2D eigenvalue weighted by Gasteiger charge is 2.25. The highest BCUT2D eigenvalue weighted by Crippen LogP contribution is 2.38. The molecule has 0 aliphatic rings. The van der Waals surface area contributed by atoms with Gasteiger partial charge in [-0.15, -0.1) is 0 Å². The molecule has 0 heterocycles. The van der Waals surface area contributed by atoms with Crippen molar-refractivity contribution >= 4 is 47.8 Å². The molecule has 0 fully saturated rings. The average Bonchev–Trinajstić information content (AvgIpc) is 0.849. The maximum absolute atomic E-state index is 12.9. The molecule has 0 aromatic heterocycles. The Hall–Kier alpha value is -9.48. The summed E-state index contributed by atoms with van der Waals surface area (Å²) in [6, 6.07) is 15.3.